The van der Waals surface area contributed by atoms with Crippen LogP contribution in [0, 0.1) is 0 Å². The third-order valence-corrected chi connectivity index (χ3v) is 3.80. The Morgan fingerprint density at radius 3 is 2.54 bits per heavy atom. The van der Waals surface area contributed by atoms with Gasteiger partial charge in [0, 0.05) is 12.6 Å². The Labute approximate surface area is 165 Å². The Balaban J connectivity index is 1.87. The van der Waals surface area contributed by atoms with E-state index in [9.17, 15) is 4.79 Å². The average molecular weight is 384 g/mol. The molecule has 2 aromatic rings. The fraction of sp³-hybridized carbons (Fsp3) is 0.333. The van der Waals surface area contributed by atoms with Crippen LogP contribution in [0.5, 0.6) is 11.5 Å². The van der Waals surface area contributed by atoms with Crippen molar-refractivity contribution < 1.29 is 14.3 Å². The maximum atomic E-state index is 12.0. The number of benzene rings is 2. The second kappa shape index (κ2) is 11.5. The quantitative estimate of drug-likeness (QED) is 0.432. The van der Waals surface area contributed by atoms with Crippen molar-refractivity contribution in [3.05, 3.63) is 54.1 Å². The summed E-state index contributed by atoms with van der Waals surface area (Å²) >= 11 is 0. The van der Waals surface area contributed by atoms with Gasteiger partial charge in [0.25, 0.3) is 0 Å². The number of guanidine groups is 1. The van der Waals surface area contributed by atoms with E-state index in [1.807, 2.05) is 50.2 Å². The Morgan fingerprint density at radius 2 is 1.82 bits per heavy atom. The highest BCUT2D eigenvalue weighted by Crippen LogP contribution is 2.29. The largest absolute Gasteiger partial charge is 0.494 e. The highest BCUT2D eigenvalue weighted by atomic mass is 16.5. The standard InChI is InChI=1S/C21H28N4O3/c1-3-27-17-10-11-19(28-4-2)18(14-17)25-21(22)24-15-20(26)23-13-12-16-8-6-5-7-9-16/h5-11,14H,3-4,12-13,15H2,1-2H3,(H,23,26)(H3,22,24,25). The molecule has 0 atom stereocenters. The van der Waals surface area contributed by atoms with Gasteiger partial charge in [-0.05, 0) is 38.0 Å². The number of carbonyl (C=O) groups excluding carboxylic acids is 1. The molecule has 0 unspecified atom stereocenters. The third kappa shape index (κ3) is 7.19. The van der Waals surface area contributed by atoms with Crippen molar-refractivity contribution in [1.82, 2.24) is 5.32 Å². The van der Waals surface area contributed by atoms with Crippen molar-refractivity contribution in [2.45, 2.75) is 20.3 Å². The zero-order valence-corrected chi connectivity index (χ0v) is 16.4. The number of amides is 1. The van der Waals surface area contributed by atoms with Crippen molar-refractivity contribution in [3.63, 3.8) is 0 Å². The van der Waals surface area contributed by atoms with Gasteiger partial charge in [-0.25, -0.2) is 4.99 Å². The second-order valence-electron chi connectivity index (χ2n) is 5.94. The lowest BCUT2D eigenvalue weighted by Crippen LogP contribution is -2.30. The topological polar surface area (TPSA) is 98.0 Å². The number of aliphatic imine (C=N–C) groups is 1. The molecule has 0 fully saturated rings. The number of ether oxygens (including phenoxy) is 2. The molecule has 2 aromatic carbocycles. The van der Waals surface area contributed by atoms with E-state index in [4.69, 9.17) is 15.2 Å². The van der Waals surface area contributed by atoms with Crippen molar-refractivity contribution in [1.29, 1.82) is 0 Å². The number of nitrogens with two attached hydrogens (primary N) is 1. The summed E-state index contributed by atoms with van der Waals surface area (Å²) in [4.78, 5) is 16.0. The molecule has 0 radical (unpaired) electrons. The molecule has 7 heteroatoms. The van der Waals surface area contributed by atoms with Gasteiger partial charge in [-0.15, -0.1) is 0 Å². The van der Waals surface area contributed by atoms with Gasteiger partial charge in [0.2, 0.25) is 5.91 Å². The van der Waals surface area contributed by atoms with E-state index in [0.717, 1.165) is 6.42 Å². The van der Waals surface area contributed by atoms with Crippen molar-refractivity contribution in [2.75, 3.05) is 31.6 Å². The van der Waals surface area contributed by atoms with E-state index >= 15 is 0 Å². The summed E-state index contributed by atoms with van der Waals surface area (Å²) in [7, 11) is 0. The van der Waals surface area contributed by atoms with Gasteiger partial charge in [0.1, 0.15) is 18.0 Å². The Hall–Kier alpha value is -3.22. The lowest BCUT2D eigenvalue weighted by Gasteiger charge is -2.14. The minimum atomic E-state index is -0.186. The van der Waals surface area contributed by atoms with Crippen LogP contribution in [-0.2, 0) is 11.2 Å². The number of hydrogen-bond donors (Lipinski definition) is 3. The van der Waals surface area contributed by atoms with Crippen molar-refractivity contribution in [2.24, 2.45) is 10.7 Å². The normalized spacial score (nSPS) is 11.0. The van der Waals surface area contributed by atoms with Crippen LogP contribution < -0.4 is 25.8 Å². The molecule has 0 aromatic heterocycles. The van der Waals surface area contributed by atoms with Crippen LogP contribution >= 0.6 is 0 Å². The molecule has 0 spiro atoms. The number of rotatable bonds is 10. The molecule has 4 N–H and O–H groups in total. The summed E-state index contributed by atoms with van der Waals surface area (Å²) in [6, 6.07) is 15.4. The van der Waals surface area contributed by atoms with E-state index in [2.05, 4.69) is 15.6 Å². The van der Waals surface area contributed by atoms with E-state index in [1.54, 1.807) is 12.1 Å². The number of hydrogen-bond acceptors (Lipinski definition) is 4. The number of nitrogens with one attached hydrogen (secondary N) is 2. The third-order valence-electron chi connectivity index (χ3n) is 3.80. The molecule has 0 aliphatic heterocycles. The molecule has 0 heterocycles. The molecule has 150 valence electrons. The zero-order valence-electron chi connectivity index (χ0n) is 16.4. The molecule has 0 bridgehead atoms. The zero-order chi connectivity index (χ0) is 20.2. The Morgan fingerprint density at radius 1 is 1.07 bits per heavy atom. The number of nitrogens with zero attached hydrogens (tertiary/aromatic N) is 1. The minimum Gasteiger partial charge on any atom is -0.494 e. The fourth-order valence-electron chi connectivity index (χ4n) is 2.53. The van der Waals surface area contributed by atoms with Crippen molar-refractivity contribution >= 4 is 17.6 Å². The molecule has 2 rings (SSSR count). The van der Waals surface area contributed by atoms with Gasteiger partial charge in [-0.1, -0.05) is 30.3 Å². The smallest absolute Gasteiger partial charge is 0.241 e. The molecule has 1 amide bonds. The molecule has 7 nitrogen and oxygen atoms in total. The van der Waals surface area contributed by atoms with E-state index < -0.39 is 0 Å². The number of anilines is 1. The van der Waals surface area contributed by atoms with Gasteiger partial charge in [0.15, 0.2) is 5.96 Å². The summed E-state index contributed by atoms with van der Waals surface area (Å²) in [5.74, 6) is 1.28. The summed E-state index contributed by atoms with van der Waals surface area (Å²) < 4.78 is 11.1. The van der Waals surface area contributed by atoms with Crippen LogP contribution in [0.4, 0.5) is 5.69 Å². The summed E-state index contributed by atoms with van der Waals surface area (Å²) in [6.45, 7) is 5.39. The minimum absolute atomic E-state index is 0.0528. The monoisotopic (exact) mass is 384 g/mol. The van der Waals surface area contributed by atoms with Gasteiger partial charge in [0.05, 0.1) is 18.9 Å². The van der Waals surface area contributed by atoms with Crippen LogP contribution in [0.1, 0.15) is 19.4 Å². The molecular weight excluding hydrogens is 356 g/mol. The molecule has 0 saturated carbocycles. The predicted molar refractivity (Wildman–Crippen MR) is 112 cm³/mol. The SMILES string of the molecule is CCOc1ccc(OCC)c(NC(N)=NCC(=O)NCCc2ccccc2)c1. The summed E-state index contributed by atoms with van der Waals surface area (Å²) in [5.41, 5.74) is 7.73. The highest BCUT2D eigenvalue weighted by molar-refractivity contribution is 5.95. The molecule has 0 aliphatic carbocycles. The second-order valence-corrected chi connectivity index (χ2v) is 5.94. The lowest BCUT2D eigenvalue weighted by molar-refractivity contribution is -0.119. The van der Waals surface area contributed by atoms with Crippen LogP contribution in [-0.4, -0.2) is 38.2 Å². The maximum absolute atomic E-state index is 12.0. The maximum Gasteiger partial charge on any atom is 0.241 e. The van der Waals surface area contributed by atoms with Crippen molar-refractivity contribution in [3.8, 4) is 11.5 Å². The lowest BCUT2D eigenvalue weighted by atomic mass is 10.1. The van der Waals surface area contributed by atoms with Gasteiger partial charge in [-0.2, -0.15) is 0 Å². The first kappa shape index (κ1) is 21.1. The highest BCUT2D eigenvalue weighted by Gasteiger charge is 2.08. The molecule has 28 heavy (non-hydrogen) atoms. The number of carbonyl (C=O) groups is 1. The first-order valence-corrected chi connectivity index (χ1v) is 9.39. The average Bonchev–Trinajstić information content (AvgIpc) is 2.69. The predicted octanol–water partition coefficient (Wildman–Crippen LogP) is 2.57. The van der Waals surface area contributed by atoms with Gasteiger partial charge in [-0.3, -0.25) is 4.79 Å². The van der Waals surface area contributed by atoms with E-state index in [1.165, 1.54) is 5.56 Å². The Kier molecular flexibility index (Phi) is 8.65. The first-order chi connectivity index (χ1) is 13.6. The van der Waals surface area contributed by atoms with Gasteiger partial charge < -0.3 is 25.8 Å². The molecular formula is C21H28N4O3. The molecule has 0 saturated heterocycles. The Bertz CT molecular complexity index is 778. The summed E-state index contributed by atoms with van der Waals surface area (Å²) in [5, 5.41) is 5.81. The fourth-order valence-corrected chi connectivity index (χ4v) is 2.53. The van der Waals surface area contributed by atoms with Crippen LogP contribution in [0.2, 0.25) is 0 Å². The first-order valence-electron chi connectivity index (χ1n) is 9.39. The van der Waals surface area contributed by atoms with Crippen LogP contribution in [0.3, 0.4) is 0 Å². The molecule has 0 aliphatic rings. The van der Waals surface area contributed by atoms with Crippen LogP contribution in [0.25, 0.3) is 0 Å². The van der Waals surface area contributed by atoms with Gasteiger partial charge >= 0.3 is 0 Å². The summed E-state index contributed by atoms with van der Waals surface area (Å²) in [6.07, 6.45) is 0.770. The van der Waals surface area contributed by atoms with E-state index in [0.29, 0.717) is 36.9 Å². The van der Waals surface area contributed by atoms with Crippen LogP contribution in [0.15, 0.2) is 53.5 Å². The van der Waals surface area contributed by atoms with E-state index in [-0.39, 0.29) is 18.4 Å².